The van der Waals surface area contributed by atoms with Crippen molar-refractivity contribution in [1.82, 2.24) is 4.31 Å². The van der Waals surface area contributed by atoms with Crippen molar-refractivity contribution >= 4 is 21.7 Å². The molecule has 2 aromatic carbocycles. The fraction of sp³-hybridized carbons (Fsp3) is 0.235. The molecule has 0 amide bonds. The summed E-state index contributed by atoms with van der Waals surface area (Å²) in [5.41, 5.74) is 1.46. The van der Waals surface area contributed by atoms with Crippen molar-refractivity contribution in [1.29, 1.82) is 0 Å². The first-order chi connectivity index (χ1) is 11.9. The lowest BCUT2D eigenvalue weighted by atomic mass is 10.2. The Morgan fingerprint density at radius 1 is 1.20 bits per heavy atom. The molecule has 0 saturated heterocycles. The Balaban J connectivity index is 2.04. The third-order valence-corrected chi connectivity index (χ3v) is 6.00. The van der Waals surface area contributed by atoms with Crippen LogP contribution in [0.15, 0.2) is 53.4 Å². The molecule has 0 aliphatic carbocycles. The topological polar surface area (TPSA) is 95.9 Å². The van der Waals surface area contributed by atoms with Gasteiger partial charge in [0, 0.05) is 18.8 Å². The summed E-state index contributed by atoms with van der Waals surface area (Å²) < 4.78 is 32.2. The van der Waals surface area contributed by atoms with Crippen molar-refractivity contribution in [2.75, 3.05) is 19.0 Å². The van der Waals surface area contributed by atoms with Crippen molar-refractivity contribution in [2.45, 2.75) is 17.5 Å². The number of carboxylic acids is 1. The molecule has 0 spiro atoms. The lowest BCUT2D eigenvalue weighted by Gasteiger charge is -2.26. The summed E-state index contributed by atoms with van der Waals surface area (Å²) in [5.74, 6) is -0.672. The number of benzene rings is 2. The lowest BCUT2D eigenvalue weighted by molar-refractivity contribution is -0.141. The maximum atomic E-state index is 13.1. The summed E-state index contributed by atoms with van der Waals surface area (Å²) in [6.07, 6.45) is 0. The maximum Gasteiger partial charge on any atom is 0.323 e. The number of carboxylic acid groups (broad SMARTS) is 1. The molecular formula is C17H18N2O5S. The van der Waals surface area contributed by atoms with Gasteiger partial charge in [-0.05, 0) is 35.9 Å². The predicted molar refractivity (Wildman–Crippen MR) is 92.1 cm³/mol. The van der Waals surface area contributed by atoms with Gasteiger partial charge in [-0.2, -0.15) is 4.31 Å². The zero-order chi connectivity index (χ0) is 18.0. The number of hydrogen-bond acceptors (Lipinski definition) is 5. The van der Waals surface area contributed by atoms with Crippen LogP contribution in [0.4, 0.5) is 5.69 Å². The van der Waals surface area contributed by atoms with Gasteiger partial charge >= 0.3 is 5.97 Å². The first-order valence-corrected chi connectivity index (χ1v) is 9.08. The van der Waals surface area contributed by atoms with E-state index in [0.717, 1.165) is 15.6 Å². The summed E-state index contributed by atoms with van der Waals surface area (Å²) >= 11 is 0. The van der Waals surface area contributed by atoms with Crippen molar-refractivity contribution in [2.24, 2.45) is 0 Å². The number of nitrogens with one attached hydrogen (secondary N) is 1. The number of sulfonamides is 1. The Bertz CT molecular complexity index is 880. The minimum atomic E-state index is -3.99. The monoisotopic (exact) mass is 362 g/mol. The Labute approximate surface area is 145 Å². The molecule has 0 saturated carbocycles. The first-order valence-electron chi connectivity index (χ1n) is 7.64. The molecule has 0 radical (unpaired) electrons. The lowest BCUT2D eigenvalue weighted by Crippen LogP contribution is -2.46. The molecule has 1 atom stereocenters. The highest BCUT2D eigenvalue weighted by Crippen LogP contribution is 2.28. The van der Waals surface area contributed by atoms with E-state index in [0.29, 0.717) is 5.75 Å². The van der Waals surface area contributed by atoms with E-state index >= 15 is 0 Å². The Kier molecular flexibility index (Phi) is 4.65. The second-order valence-electron chi connectivity index (χ2n) is 5.62. The number of aliphatic carboxylic acids is 1. The molecule has 0 fully saturated rings. The molecule has 1 heterocycles. The number of fused-ring (bicyclic) bond motifs is 1. The Morgan fingerprint density at radius 3 is 2.52 bits per heavy atom. The van der Waals surface area contributed by atoms with Crippen molar-refractivity contribution in [3.63, 3.8) is 0 Å². The average molecular weight is 362 g/mol. The van der Waals surface area contributed by atoms with Crippen LogP contribution in [-0.4, -0.2) is 43.5 Å². The molecule has 132 valence electrons. The number of anilines is 1. The van der Waals surface area contributed by atoms with Crippen LogP contribution < -0.4 is 10.1 Å². The number of rotatable bonds is 4. The normalized spacial score (nSPS) is 17.9. The van der Waals surface area contributed by atoms with E-state index in [1.807, 2.05) is 6.07 Å². The van der Waals surface area contributed by atoms with E-state index in [-0.39, 0.29) is 18.0 Å². The third-order valence-electron chi connectivity index (χ3n) is 4.13. The van der Waals surface area contributed by atoms with Gasteiger partial charge in [-0.15, -0.1) is 0 Å². The summed E-state index contributed by atoms with van der Waals surface area (Å²) in [7, 11) is -2.50. The molecule has 1 aliphatic heterocycles. The molecule has 1 aliphatic rings. The van der Waals surface area contributed by atoms with E-state index in [2.05, 4.69) is 5.32 Å². The molecule has 8 heteroatoms. The van der Waals surface area contributed by atoms with Crippen LogP contribution in [0.3, 0.4) is 0 Å². The number of ether oxygens (including phenoxy) is 1. The summed E-state index contributed by atoms with van der Waals surface area (Å²) in [6.45, 7) is -0.0315. The van der Waals surface area contributed by atoms with E-state index < -0.39 is 22.0 Å². The molecule has 1 unspecified atom stereocenters. The number of para-hydroxylation sites is 1. The molecule has 0 bridgehead atoms. The Hall–Kier alpha value is -2.58. The van der Waals surface area contributed by atoms with Crippen LogP contribution in [0.2, 0.25) is 0 Å². The smallest absolute Gasteiger partial charge is 0.323 e. The number of hydrogen-bond donors (Lipinski definition) is 2. The second-order valence-corrected chi connectivity index (χ2v) is 7.51. The van der Waals surface area contributed by atoms with Gasteiger partial charge in [0.25, 0.3) is 0 Å². The van der Waals surface area contributed by atoms with Gasteiger partial charge in [0.05, 0.1) is 12.0 Å². The fourth-order valence-electron chi connectivity index (χ4n) is 2.76. The van der Waals surface area contributed by atoms with Gasteiger partial charge < -0.3 is 15.2 Å². The first kappa shape index (κ1) is 17.2. The van der Waals surface area contributed by atoms with Crippen molar-refractivity contribution < 1.29 is 23.1 Å². The van der Waals surface area contributed by atoms with Crippen LogP contribution in [0.25, 0.3) is 0 Å². The van der Waals surface area contributed by atoms with Gasteiger partial charge in [0.15, 0.2) is 0 Å². The maximum absolute atomic E-state index is 13.1. The predicted octanol–water partition coefficient (Wildman–Crippen LogP) is 1.76. The highest BCUT2D eigenvalue weighted by molar-refractivity contribution is 7.89. The minimum absolute atomic E-state index is 0.0122. The molecule has 25 heavy (non-hydrogen) atoms. The largest absolute Gasteiger partial charge is 0.497 e. The summed E-state index contributed by atoms with van der Waals surface area (Å²) in [5, 5.41) is 12.6. The summed E-state index contributed by atoms with van der Waals surface area (Å²) in [6, 6.07) is 11.9. The number of methoxy groups -OCH3 is 1. The van der Waals surface area contributed by atoms with Crippen LogP contribution in [-0.2, 0) is 21.4 Å². The van der Waals surface area contributed by atoms with Gasteiger partial charge in [-0.3, -0.25) is 4.79 Å². The molecule has 3 rings (SSSR count). The van der Waals surface area contributed by atoms with E-state index in [4.69, 9.17) is 4.74 Å². The quantitative estimate of drug-likeness (QED) is 0.860. The van der Waals surface area contributed by atoms with Crippen molar-refractivity contribution in [3.8, 4) is 5.75 Å². The standard InChI is InChI=1S/C17H18N2O5S/c1-24-13-6-8-14(9-7-13)25(22,23)19-11-12-4-2-3-5-15(12)18-10-16(19)17(20)21/h2-9,16,18H,10-11H2,1H3,(H,20,21). The molecule has 2 N–H and O–H groups in total. The zero-order valence-electron chi connectivity index (χ0n) is 13.5. The highest BCUT2D eigenvalue weighted by atomic mass is 32.2. The third kappa shape index (κ3) is 3.31. The van der Waals surface area contributed by atoms with Crippen LogP contribution in [0.5, 0.6) is 5.75 Å². The number of nitrogens with zero attached hydrogens (tertiary/aromatic N) is 1. The van der Waals surface area contributed by atoms with Gasteiger partial charge in [0.1, 0.15) is 11.8 Å². The van der Waals surface area contributed by atoms with Crippen LogP contribution in [0, 0.1) is 0 Å². The SMILES string of the molecule is COc1ccc(S(=O)(=O)N2Cc3ccccc3NCC2C(=O)O)cc1. The van der Waals surface area contributed by atoms with Gasteiger partial charge in [-0.25, -0.2) is 8.42 Å². The van der Waals surface area contributed by atoms with E-state index in [1.165, 1.54) is 31.4 Å². The van der Waals surface area contributed by atoms with Crippen LogP contribution >= 0.6 is 0 Å². The average Bonchev–Trinajstić information content (AvgIpc) is 2.82. The van der Waals surface area contributed by atoms with Gasteiger partial charge in [-0.1, -0.05) is 18.2 Å². The van der Waals surface area contributed by atoms with Crippen LogP contribution in [0.1, 0.15) is 5.56 Å². The van der Waals surface area contributed by atoms with Gasteiger partial charge in [0.2, 0.25) is 10.0 Å². The molecular weight excluding hydrogens is 344 g/mol. The zero-order valence-corrected chi connectivity index (χ0v) is 14.4. The molecule has 0 aromatic heterocycles. The minimum Gasteiger partial charge on any atom is -0.497 e. The summed E-state index contributed by atoms with van der Waals surface area (Å²) in [4.78, 5) is 11.7. The molecule has 2 aromatic rings. The van der Waals surface area contributed by atoms with Crippen molar-refractivity contribution in [3.05, 3.63) is 54.1 Å². The highest BCUT2D eigenvalue weighted by Gasteiger charge is 2.38. The van der Waals surface area contributed by atoms with E-state index in [1.54, 1.807) is 18.2 Å². The number of carbonyl (C=O) groups is 1. The second kappa shape index (κ2) is 6.73. The molecule has 7 nitrogen and oxygen atoms in total. The fourth-order valence-corrected chi connectivity index (χ4v) is 4.32. The van der Waals surface area contributed by atoms with E-state index in [9.17, 15) is 18.3 Å². The Morgan fingerprint density at radius 2 is 1.88 bits per heavy atom.